The lowest BCUT2D eigenvalue weighted by atomic mass is 10.1. The van der Waals surface area contributed by atoms with Crippen LogP contribution in [0, 0.1) is 6.92 Å². The molecule has 0 aliphatic rings. The molecule has 6 nitrogen and oxygen atoms in total. The van der Waals surface area contributed by atoms with Gasteiger partial charge < -0.3 is 10.1 Å². The topological polar surface area (TPSA) is 81.2 Å². The van der Waals surface area contributed by atoms with Crippen molar-refractivity contribution in [3.63, 3.8) is 0 Å². The summed E-state index contributed by atoms with van der Waals surface area (Å²) in [5, 5.41) is 2.61. The van der Waals surface area contributed by atoms with E-state index in [9.17, 15) is 22.8 Å². The van der Waals surface area contributed by atoms with E-state index < -0.39 is 12.8 Å². The molecule has 2 rings (SSSR count). The van der Waals surface area contributed by atoms with Crippen LogP contribution in [0.2, 0.25) is 0 Å². The number of pyridine rings is 2. The quantitative estimate of drug-likeness (QED) is 0.686. The SMILES string of the molecule is CCC(=O)Nc1cc(C(=O)CCc2cccc(OCC(F)(F)F)n2)cc(C)n1. The summed E-state index contributed by atoms with van der Waals surface area (Å²) in [6, 6.07) is 7.57. The van der Waals surface area contributed by atoms with Crippen LogP contribution >= 0.6 is 0 Å². The van der Waals surface area contributed by atoms with Crippen molar-refractivity contribution in [1.29, 1.82) is 0 Å². The molecule has 150 valence electrons. The second-order valence-electron chi connectivity index (χ2n) is 6.08. The summed E-state index contributed by atoms with van der Waals surface area (Å²) in [4.78, 5) is 32.1. The van der Waals surface area contributed by atoms with Gasteiger partial charge in [-0.25, -0.2) is 9.97 Å². The number of alkyl halides is 3. The number of nitrogens with one attached hydrogen (secondary N) is 1. The van der Waals surface area contributed by atoms with Crippen molar-refractivity contribution >= 4 is 17.5 Å². The number of aromatic nitrogens is 2. The number of nitrogens with zero attached hydrogens (tertiary/aromatic N) is 2. The lowest BCUT2D eigenvalue weighted by Gasteiger charge is -2.09. The van der Waals surface area contributed by atoms with Gasteiger partial charge in [-0.1, -0.05) is 13.0 Å². The largest absolute Gasteiger partial charge is 0.468 e. The molecule has 9 heteroatoms. The van der Waals surface area contributed by atoms with Gasteiger partial charge in [-0.2, -0.15) is 13.2 Å². The summed E-state index contributed by atoms with van der Waals surface area (Å²) < 4.78 is 41.3. The van der Waals surface area contributed by atoms with Crippen LogP contribution in [0.15, 0.2) is 30.3 Å². The maximum atomic E-state index is 12.5. The molecule has 0 spiro atoms. The molecule has 0 fully saturated rings. The van der Waals surface area contributed by atoms with Crippen LogP contribution in [0.3, 0.4) is 0 Å². The summed E-state index contributed by atoms with van der Waals surface area (Å²) in [5.74, 6) is -0.250. The van der Waals surface area contributed by atoms with Crippen LogP contribution in [-0.4, -0.2) is 34.4 Å². The Labute approximate surface area is 160 Å². The van der Waals surface area contributed by atoms with Gasteiger partial charge in [0.15, 0.2) is 12.4 Å². The van der Waals surface area contributed by atoms with Crippen molar-refractivity contribution in [2.45, 2.75) is 39.3 Å². The molecule has 0 aliphatic carbocycles. The summed E-state index contributed by atoms with van der Waals surface area (Å²) >= 11 is 0. The van der Waals surface area contributed by atoms with Crippen LogP contribution in [-0.2, 0) is 11.2 Å². The fourth-order valence-corrected chi connectivity index (χ4v) is 2.34. The van der Waals surface area contributed by atoms with Gasteiger partial charge in [-0.15, -0.1) is 0 Å². The highest BCUT2D eigenvalue weighted by Gasteiger charge is 2.28. The number of aryl methyl sites for hydroxylation is 2. The maximum absolute atomic E-state index is 12.5. The molecule has 0 aliphatic heterocycles. The fourth-order valence-electron chi connectivity index (χ4n) is 2.34. The molecule has 0 saturated carbocycles. The number of carbonyl (C=O) groups is 2. The first kappa shape index (κ1) is 21.3. The lowest BCUT2D eigenvalue weighted by molar-refractivity contribution is -0.154. The van der Waals surface area contributed by atoms with Gasteiger partial charge in [0.1, 0.15) is 5.82 Å². The molecule has 0 bridgehead atoms. The van der Waals surface area contributed by atoms with Crippen molar-refractivity contribution in [3.05, 3.63) is 47.3 Å². The maximum Gasteiger partial charge on any atom is 0.422 e. The third-order valence-electron chi connectivity index (χ3n) is 3.64. The number of rotatable bonds is 8. The Morgan fingerprint density at radius 3 is 2.61 bits per heavy atom. The van der Waals surface area contributed by atoms with Gasteiger partial charge >= 0.3 is 6.18 Å². The number of ketones is 1. The number of carbonyl (C=O) groups excluding carboxylic acids is 2. The highest BCUT2D eigenvalue weighted by molar-refractivity contribution is 5.98. The first-order chi connectivity index (χ1) is 13.2. The molecule has 2 aromatic rings. The lowest BCUT2D eigenvalue weighted by Crippen LogP contribution is -2.19. The molecule has 0 aromatic carbocycles. The molecule has 1 N–H and O–H groups in total. The second kappa shape index (κ2) is 9.29. The minimum absolute atomic E-state index is 0.0976. The Kier molecular flexibility index (Phi) is 7.08. The Morgan fingerprint density at radius 1 is 1.18 bits per heavy atom. The number of hydrogen-bond acceptors (Lipinski definition) is 5. The molecule has 0 saturated heterocycles. The fraction of sp³-hybridized carbons (Fsp3) is 0.368. The minimum atomic E-state index is -4.45. The van der Waals surface area contributed by atoms with Crippen LogP contribution in [0.1, 0.15) is 41.5 Å². The summed E-state index contributed by atoms with van der Waals surface area (Å²) in [5.41, 5.74) is 1.42. The van der Waals surface area contributed by atoms with Crippen molar-refractivity contribution < 1.29 is 27.5 Å². The molecule has 1 amide bonds. The van der Waals surface area contributed by atoms with Crippen LogP contribution < -0.4 is 10.1 Å². The zero-order chi connectivity index (χ0) is 20.7. The van der Waals surface area contributed by atoms with E-state index in [-0.39, 0.29) is 36.8 Å². The van der Waals surface area contributed by atoms with Crippen molar-refractivity contribution in [2.24, 2.45) is 0 Å². The van der Waals surface area contributed by atoms with Gasteiger partial charge in [0.25, 0.3) is 0 Å². The predicted octanol–water partition coefficient (Wildman–Crippen LogP) is 3.89. The zero-order valence-electron chi connectivity index (χ0n) is 15.5. The Hall–Kier alpha value is -2.97. The highest BCUT2D eigenvalue weighted by atomic mass is 19.4. The first-order valence-electron chi connectivity index (χ1n) is 8.63. The highest BCUT2D eigenvalue weighted by Crippen LogP contribution is 2.18. The number of anilines is 1. The van der Waals surface area contributed by atoms with E-state index in [2.05, 4.69) is 20.0 Å². The second-order valence-corrected chi connectivity index (χ2v) is 6.08. The predicted molar refractivity (Wildman–Crippen MR) is 96.3 cm³/mol. The van der Waals surface area contributed by atoms with Crippen LogP contribution in [0.5, 0.6) is 5.88 Å². The third-order valence-corrected chi connectivity index (χ3v) is 3.64. The van der Waals surface area contributed by atoms with Gasteiger partial charge in [0.05, 0.1) is 0 Å². The summed E-state index contributed by atoms with van der Waals surface area (Å²) in [7, 11) is 0. The first-order valence-corrected chi connectivity index (χ1v) is 8.63. The summed E-state index contributed by atoms with van der Waals surface area (Å²) in [6.07, 6.45) is -3.82. The van der Waals surface area contributed by atoms with Gasteiger partial charge in [-0.05, 0) is 31.5 Å². The Morgan fingerprint density at radius 2 is 1.93 bits per heavy atom. The van der Waals surface area contributed by atoms with E-state index in [1.807, 2.05) is 0 Å². The van der Waals surface area contributed by atoms with Crippen molar-refractivity contribution in [3.8, 4) is 5.88 Å². The molecule has 0 atom stereocenters. The monoisotopic (exact) mass is 395 g/mol. The van der Waals surface area contributed by atoms with Crippen LogP contribution in [0.25, 0.3) is 0 Å². The van der Waals surface area contributed by atoms with E-state index in [4.69, 9.17) is 0 Å². The van der Waals surface area contributed by atoms with Gasteiger partial charge in [-0.3, -0.25) is 9.59 Å². The molecule has 2 aromatic heterocycles. The molecule has 28 heavy (non-hydrogen) atoms. The average Bonchev–Trinajstić information content (AvgIpc) is 2.63. The van der Waals surface area contributed by atoms with Crippen LogP contribution in [0.4, 0.5) is 19.0 Å². The zero-order valence-corrected chi connectivity index (χ0v) is 15.5. The Bertz CT molecular complexity index is 854. The normalized spacial score (nSPS) is 11.2. The third kappa shape index (κ3) is 6.98. The van der Waals surface area contributed by atoms with Crippen molar-refractivity contribution in [1.82, 2.24) is 9.97 Å². The van der Waals surface area contributed by atoms with E-state index in [1.165, 1.54) is 18.2 Å². The number of amides is 1. The van der Waals surface area contributed by atoms with E-state index in [0.717, 1.165) is 0 Å². The minimum Gasteiger partial charge on any atom is -0.468 e. The molecular formula is C19H20F3N3O3. The number of ether oxygens (including phenoxy) is 1. The van der Waals surface area contributed by atoms with E-state index >= 15 is 0 Å². The summed E-state index contributed by atoms with van der Waals surface area (Å²) in [6.45, 7) is 1.99. The number of hydrogen-bond donors (Lipinski definition) is 1. The van der Waals surface area contributed by atoms with Gasteiger partial charge in [0.2, 0.25) is 11.8 Å². The average molecular weight is 395 g/mol. The number of Topliss-reactive ketones (excluding diaryl/α,β-unsaturated/α-hetero) is 1. The Balaban J connectivity index is 2.01. The molecular weight excluding hydrogens is 375 g/mol. The molecule has 0 radical (unpaired) electrons. The van der Waals surface area contributed by atoms with Gasteiger partial charge in [0, 0.05) is 35.9 Å². The van der Waals surface area contributed by atoms with Crippen molar-refractivity contribution in [2.75, 3.05) is 11.9 Å². The molecule has 2 heterocycles. The molecule has 0 unspecified atom stereocenters. The standard InChI is InChI=1S/C19H20F3N3O3/c1-3-17(27)25-16-10-13(9-12(2)23-16)15(26)8-7-14-5-4-6-18(24-14)28-11-19(20,21)22/h4-6,9-10H,3,7-8,11H2,1-2H3,(H,23,25,27). The van der Waals surface area contributed by atoms with E-state index in [1.54, 1.807) is 26.0 Å². The number of halogens is 3. The van der Waals surface area contributed by atoms with E-state index in [0.29, 0.717) is 22.8 Å². The smallest absolute Gasteiger partial charge is 0.422 e.